The first-order chi connectivity index (χ1) is 10.6. The van der Waals surface area contributed by atoms with E-state index in [-0.39, 0.29) is 24.2 Å². The third kappa shape index (κ3) is 2.68. The van der Waals surface area contributed by atoms with E-state index in [2.05, 4.69) is 5.32 Å². The first-order valence-electron chi connectivity index (χ1n) is 7.47. The summed E-state index contributed by atoms with van der Waals surface area (Å²) in [5, 5.41) is 11.6. The van der Waals surface area contributed by atoms with Gasteiger partial charge in [-0.15, -0.1) is 0 Å². The van der Waals surface area contributed by atoms with E-state index in [1.165, 1.54) is 0 Å². The molecule has 2 heterocycles. The van der Waals surface area contributed by atoms with E-state index in [1.807, 2.05) is 0 Å². The Kier molecular flexibility index (Phi) is 3.83. The number of likely N-dealkylation sites (tertiary alicyclic amines) is 1. The molecule has 1 aromatic carbocycles. The van der Waals surface area contributed by atoms with Crippen molar-refractivity contribution in [3.05, 3.63) is 34.9 Å². The van der Waals surface area contributed by atoms with Gasteiger partial charge in [0, 0.05) is 37.2 Å². The Balaban J connectivity index is 1.80. The fourth-order valence-electron chi connectivity index (χ4n) is 3.29. The van der Waals surface area contributed by atoms with Gasteiger partial charge in [0.1, 0.15) is 0 Å². The number of nitrogens with zero attached hydrogens (tertiary/aromatic N) is 1. The zero-order valence-corrected chi connectivity index (χ0v) is 12.2. The number of rotatable bonds is 3. The van der Waals surface area contributed by atoms with Gasteiger partial charge in [0.25, 0.3) is 11.8 Å². The van der Waals surface area contributed by atoms with Gasteiger partial charge in [0.2, 0.25) is 0 Å². The number of aliphatic carboxylic acids is 1. The number of amides is 2. The molecule has 1 fully saturated rings. The molecule has 6 heteroatoms. The number of carbonyl (C=O) groups excluding carboxylic acids is 2. The molecule has 2 aliphatic rings. The summed E-state index contributed by atoms with van der Waals surface area (Å²) >= 11 is 0. The zero-order chi connectivity index (χ0) is 15.7. The van der Waals surface area contributed by atoms with Crippen LogP contribution in [0, 0.1) is 5.92 Å². The smallest absolute Gasteiger partial charge is 0.303 e. The molecule has 0 aliphatic carbocycles. The van der Waals surface area contributed by atoms with Crippen LogP contribution in [-0.2, 0) is 11.3 Å². The summed E-state index contributed by atoms with van der Waals surface area (Å²) in [6.07, 6.45) is 1.75. The summed E-state index contributed by atoms with van der Waals surface area (Å²) in [6, 6.07) is 5.18. The lowest BCUT2D eigenvalue weighted by molar-refractivity contribution is -0.138. The molecule has 0 spiro atoms. The van der Waals surface area contributed by atoms with Crippen molar-refractivity contribution in [2.24, 2.45) is 5.92 Å². The first kappa shape index (κ1) is 14.6. The Morgan fingerprint density at radius 3 is 2.95 bits per heavy atom. The van der Waals surface area contributed by atoms with Crippen molar-refractivity contribution in [3.63, 3.8) is 0 Å². The van der Waals surface area contributed by atoms with Crippen molar-refractivity contribution in [2.45, 2.75) is 25.8 Å². The molecule has 6 nitrogen and oxygen atoms in total. The summed E-state index contributed by atoms with van der Waals surface area (Å²) in [4.78, 5) is 37.0. The van der Waals surface area contributed by atoms with Crippen molar-refractivity contribution >= 4 is 17.8 Å². The summed E-state index contributed by atoms with van der Waals surface area (Å²) < 4.78 is 0. The largest absolute Gasteiger partial charge is 0.481 e. The second kappa shape index (κ2) is 5.79. The number of fused-ring (bicyclic) bond motifs is 1. The van der Waals surface area contributed by atoms with Gasteiger partial charge in [-0.1, -0.05) is 6.07 Å². The van der Waals surface area contributed by atoms with E-state index in [9.17, 15) is 14.4 Å². The van der Waals surface area contributed by atoms with E-state index in [4.69, 9.17) is 5.11 Å². The van der Waals surface area contributed by atoms with Gasteiger partial charge in [-0.3, -0.25) is 14.4 Å². The molecule has 0 radical (unpaired) electrons. The van der Waals surface area contributed by atoms with Crippen molar-refractivity contribution in [2.75, 3.05) is 13.1 Å². The van der Waals surface area contributed by atoms with Crippen molar-refractivity contribution in [3.8, 4) is 0 Å². The van der Waals surface area contributed by atoms with Gasteiger partial charge in [0.15, 0.2) is 0 Å². The standard InChI is InChI=1S/C16H18N2O4/c19-14(20)7-10-3-2-6-18(9-10)16(22)12-5-1-4-11-13(12)8-17-15(11)21/h1,4-5,10H,2-3,6-9H2,(H,17,21)(H,19,20). The predicted molar refractivity (Wildman–Crippen MR) is 78.5 cm³/mol. The number of nitrogens with one attached hydrogen (secondary N) is 1. The van der Waals surface area contributed by atoms with Crippen LogP contribution in [0.15, 0.2) is 18.2 Å². The Bertz CT molecular complexity index is 641. The van der Waals surface area contributed by atoms with E-state index in [1.54, 1.807) is 23.1 Å². The van der Waals surface area contributed by atoms with Crippen molar-refractivity contribution in [1.82, 2.24) is 10.2 Å². The quantitative estimate of drug-likeness (QED) is 0.880. The summed E-state index contributed by atoms with van der Waals surface area (Å²) in [6.45, 7) is 1.48. The molecule has 0 bridgehead atoms. The summed E-state index contributed by atoms with van der Waals surface area (Å²) in [5.74, 6) is -1.07. The molecular weight excluding hydrogens is 284 g/mol. The maximum atomic E-state index is 12.7. The lowest BCUT2D eigenvalue weighted by Crippen LogP contribution is -2.40. The van der Waals surface area contributed by atoms with Crippen LogP contribution in [0.25, 0.3) is 0 Å². The van der Waals surface area contributed by atoms with Crippen LogP contribution >= 0.6 is 0 Å². The Hall–Kier alpha value is -2.37. The monoisotopic (exact) mass is 302 g/mol. The minimum absolute atomic E-state index is 0.00622. The molecular formula is C16H18N2O4. The number of hydrogen-bond acceptors (Lipinski definition) is 3. The first-order valence-corrected chi connectivity index (χ1v) is 7.47. The minimum atomic E-state index is -0.824. The highest BCUT2D eigenvalue weighted by Gasteiger charge is 2.30. The molecule has 1 atom stereocenters. The molecule has 2 amide bonds. The topological polar surface area (TPSA) is 86.7 Å². The predicted octanol–water partition coefficient (Wildman–Crippen LogP) is 1.26. The fourth-order valence-corrected chi connectivity index (χ4v) is 3.29. The summed E-state index contributed by atoms with van der Waals surface area (Å²) in [5.41, 5.74) is 1.86. The minimum Gasteiger partial charge on any atom is -0.481 e. The van der Waals surface area contributed by atoms with Gasteiger partial charge in [-0.05, 0) is 36.5 Å². The molecule has 0 aromatic heterocycles. The number of carboxylic acids is 1. The van der Waals surface area contributed by atoms with E-state index in [0.29, 0.717) is 30.8 Å². The van der Waals surface area contributed by atoms with Crippen LogP contribution in [0.1, 0.15) is 45.5 Å². The highest BCUT2D eigenvalue weighted by Crippen LogP contribution is 2.25. The highest BCUT2D eigenvalue weighted by atomic mass is 16.4. The fraction of sp³-hybridized carbons (Fsp3) is 0.438. The maximum absolute atomic E-state index is 12.7. The molecule has 3 rings (SSSR count). The van der Waals surface area contributed by atoms with Crippen molar-refractivity contribution < 1.29 is 19.5 Å². The molecule has 1 saturated heterocycles. The van der Waals surface area contributed by atoms with Crippen LogP contribution in [0.3, 0.4) is 0 Å². The van der Waals surface area contributed by atoms with Crippen molar-refractivity contribution in [1.29, 1.82) is 0 Å². The Morgan fingerprint density at radius 1 is 1.36 bits per heavy atom. The lowest BCUT2D eigenvalue weighted by Gasteiger charge is -2.32. The third-order valence-electron chi connectivity index (χ3n) is 4.35. The third-order valence-corrected chi connectivity index (χ3v) is 4.35. The molecule has 1 aromatic rings. The molecule has 2 aliphatic heterocycles. The van der Waals surface area contributed by atoms with Gasteiger partial charge in [-0.25, -0.2) is 0 Å². The van der Waals surface area contributed by atoms with Crippen LogP contribution in [0.4, 0.5) is 0 Å². The van der Waals surface area contributed by atoms with Gasteiger partial charge >= 0.3 is 5.97 Å². The van der Waals surface area contributed by atoms with Crippen LogP contribution in [0.2, 0.25) is 0 Å². The number of carbonyl (C=O) groups is 3. The molecule has 116 valence electrons. The van der Waals surface area contributed by atoms with Crippen LogP contribution in [-0.4, -0.2) is 40.9 Å². The molecule has 1 unspecified atom stereocenters. The van der Waals surface area contributed by atoms with Crippen LogP contribution in [0.5, 0.6) is 0 Å². The van der Waals surface area contributed by atoms with Gasteiger partial charge < -0.3 is 15.3 Å². The van der Waals surface area contributed by atoms with Gasteiger partial charge in [-0.2, -0.15) is 0 Å². The average molecular weight is 302 g/mol. The number of benzene rings is 1. The zero-order valence-electron chi connectivity index (χ0n) is 12.2. The number of hydrogen-bond donors (Lipinski definition) is 2. The number of piperidine rings is 1. The Morgan fingerprint density at radius 2 is 2.18 bits per heavy atom. The molecule has 22 heavy (non-hydrogen) atoms. The van der Waals surface area contributed by atoms with E-state index < -0.39 is 5.97 Å². The average Bonchev–Trinajstić information content (AvgIpc) is 2.88. The second-order valence-electron chi connectivity index (χ2n) is 5.87. The van der Waals surface area contributed by atoms with Crippen LogP contribution < -0.4 is 5.32 Å². The van der Waals surface area contributed by atoms with E-state index >= 15 is 0 Å². The van der Waals surface area contributed by atoms with E-state index in [0.717, 1.165) is 18.4 Å². The summed E-state index contributed by atoms with van der Waals surface area (Å²) in [7, 11) is 0. The highest BCUT2D eigenvalue weighted by molar-refractivity contribution is 6.04. The Labute approximate surface area is 128 Å². The maximum Gasteiger partial charge on any atom is 0.303 e. The normalized spacial score (nSPS) is 20.5. The van der Waals surface area contributed by atoms with Gasteiger partial charge in [0.05, 0.1) is 0 Å². The molecule has 0 saturated carbocycles. The number of carboxylic acid groups (broad SMARTS) is 1. The lowest BCUT2D eigenvalue weighted by atomic mass is 9.93. The molecule has 2 N–H and O–H groups in total. The SMILES string of the molecule is O=C(O)CC1CCCN(C(=O)c2cccc3c2CNC3=O)C1. The second-order valence-corrected chi connectivity index (χ2v) is 5.87.